The Hall–Kier alpha value is -1.82. The molecule has 0 aliphatic heterocycles. The molecule has 0 aromatic heterocycles. The van der Waals surface area contributed by atoms with Crippen molar-refractivity contribution in [1.82, 2.24) is 10.6 Å². The summed E-state index contributed by atoms with van der Waals surface area (Å²) in [4.78, 5) is 4.44. The molecule has 0 fully saturated rings. The van der Waals surface area contributed by atoms with Gasteiger partial charge in [-0.25, -0.2) is 8.42 Å². The maximum absolute atomic E-state index is 11.5. The lowest BCUT2D eigenvalue weighted by molar-refractivity contribution is 0.601. The Morgan fingerprint density at radius 1 is 1.40 bits per heavy atom. The average molecular weight is 295 g/mol. The minimum Gasteiger partial charge on any atom is -0.353 e. The minimum absolute atomic E-state index is 0.371. The second-order valence-electron chi connectivity index (χ2n) is 4.47. The molecule has 1 aromatic carbocycles. The van der Waals surface area contributed by atoms with Gasteiger partial charge in [0, 0.05) is 26.4 Å². The van der Waals surface area contributed by atoms with E-state index in [-0.39, 0.29) is 0 Å². The first-order chi connectivity index (χ1) is 9.38. The van der Waals surface area contributed by atoms with Crippen molar-refractivity contribution in [2.45, 2.75) is 18.4 Å². The summed E-state index contributed by atoms with van der Waals surface area (Å²) in [6.45, 7) is 6.63. The van der Waals surface area contributed by atoms with E-state index in [4.69, 9.17) is 0 Å². The van der Waals surface area contributed by atoms with Crippen LogP contribution in [0.1, 0.15) is 11.1 Å². The molecule has 0 saturated carbocycles. The molecule has 0 heterocycles. The second-order valence-corrected chi connectivity index (χ2v) is 6.45. The molecule has 5 nitrogen and oxygen atoms in total. The highest BCUT2D eigenvalue weighted by atomic mass is 32.2. The van der Waals surface area contributed by atoms with Crippen molar-refractivity contribution in [1.29, 1.82) is 0 Å². The molecule has 0 spiro atoms. The van der Waals surface area contributed by atoms with Crippen molar-refractivity contribution in [3.05, 3.63) is 42.0 Å². The minimum atomic E-state index is -3.17. The van der Waals surface area contributed by atoms with Gasteiger partial charge >= 0.3 is 0 Å². The van der Waals surface area contributed by atoms with E-state index in [1.165, 1.54) is 6.26 Å². The van der Waals surface area contributed by atoms with Crippen molar-refractivity contribution < 1.29 is 8.42 Å². The van der Waals surface area contributed by atoms with E-state index < -0.39 is 9.84 Å². The molecule has 6 heteroatoms. The number of hydrogen-bond acceptors (Lipinski definition) is 3. The van der Waals surface area contributed by atoms with Crippen LogP contribution in [0.5, 0.6) is 0 Å². The maximum atomic E-state index is 11.5. The van der Waals surface area contributed by atoms with Gasteiger partial charge in [0.15, 0.2) is 15.8 Å². The Labute approximate surface area is 120 Å². The zero-order valence-electron chi connectivity index (χ0n) is 12.1. The largest absolute Gasteiger partial charge is 0.353 e. The van der Waals surface area contributed by atoms with E-state index >= 15 is 0 Å². The summed E-state index contributed by atoms with van der Waals surface area (Å²) in [6, 6.07) is 5.31. The predicted octanol–water partition coefficient (Wildman–Crippen LogP) is 1.25. The van der Waals surface area contributed by atoms with Crippen LogP contribution in [0.3, 0.4) is 0 Å². The number of nitrogens with zero attached hydrogens (tertiary/aromatic N) is 1. The second kappa shape index (κ2) is 7.09. The highest BCUT2D eigenvalue weighted by Crippen LogP contribution is 2.16. The summed E-state index contributed by atoms with van der Waals surface area (Å²) in [5, 5.41) is 6.21. The zero-order chi connectivity index (χ0) is 15.2. The molecule has 110 valence electrons. The lowest BCUT2D eigenvalue weighted by Crippen LogP contribution is -2.36. The molecular weight excluding hydrogens is 274 g/mol. The predicted molar refractivity (Wildman–Crippen MR) is 82.7 cm³/mol. The molecule has 0 aliphatic rings. The molecule has 2 N–H and O–H groups in total. The number of aryl methyl sites for hydroxylation is 1. The summed E-state index contributed by atoms with van der Waals surface area (Å²) in [5.41, 5.74) is 1.75. The number of sulfone groups is 1. The van der Waals surface area contributed by atoms with Gasteiger partial charge in [0.05, 0.1) is 4.90 Å². The molecule has 20 heavy (non-hydrogen) atoms. The van der Waals surface area contributed by atoms with E-state index in [1.54, 1.807) is 32.2 Å². The number of hydrogen-bond donors (Lipinski definition) is 2. The fourth-order valence-electron chi connectivity index (χ4n) is 1.81. The third-order valence-electron chi connectivity index (χ3n) is 2.74. The van der Waals surface area contributed by atoms with Gasteiger partial charge < -0.3 is 10.6 Å². The van der Waals surface area contributed by atoms with Gasteiger partial charge in [0.2, 0.25) is 0 Å². The molecule has 0 radical (unpaired) electrons. The molecular formula is C14H21N3O2S. The van der Waals surface area contributed by atoms with Gasteiger partial charge in [-0.15, -0.1) is 6.58 Å². The fraction of sp³-hybridized carbons (Fsp3) is 0.357. The Morgan fingerprint density at radius 2 is 2.10 bits per heavy atom. The summed E-state index contributed by atoms with van der Waals surface area (Å²) >= 11 is 0. The molecule has 1 aromatic rings. The van der Waals surface area contributed by atoms with Gasteiger partial charge in [0.25, 0.3) is 0 Å². The molecule has 0 atom stereocenters. The first kappa shape index (κ1) is 16.2. The van der Waals surface area contributed by atoms with Gasteiger partial charge in [0.1, 0.15) is 0 Å². The Bertz CT molecular complexity index is 607. The van der Waals surface area contributed by atoms with Crippen LogP contribution < -0.4 is 10.6 Å². The monoisotopic (exact) mass is 295 g/mol. The molecule has 0 bridgehead atoms. The van der Waals surface area contributed by atoms with E-state index in [0.29, 0.717) is 23.9 Å². The first-order valence-corrected chi connectivity index (χ1v) is 8.12. The third-order valence-corrected chi connectivity index (χ3v) is 3.99. The lowest BCUT2D eigenvalue weighted by atomic mass is 10.1. The Balaban J connectivity index is 2.75. The van der Waals surface area contributed by atoms with Crippen molar-refractivity contribution in [2.24, 2.45) is 4.99 Å². The average Bonchev–Trinajstić information content (AvgIpc) is 2.37. The van der Waals surface area contributed by atoms with Crippen LogP contribution in [-0.2, 0) is 16.4 Å². The van der Waals surface area contributed by atoms with Crippen molar-refractivity contribution in [3.63, 3.8) is 0 Å². The van der Waals surface area contributed by atoms with Crippen molar-refractivity contribution in [2.75, 3.05) is 19.8 Å². The highest BCUT2D eigenvalue weighted by molar-refractivity contribution is 7.90. The lowest BCUT2D eigenvalue weighted by Gasteiger charge is -2.11. The van der Waals surface area contributed by atoms with Crippen molar-refractivity contribution >= 4 is 15.8 Å². The van der Waals surface area contributed by atoms with E-state index in [2.05, 4.69) is 22.2 Å². The van der Waals surface area contributed by atoms with Crippen molar-refractivity contribution in [3.8, 4) is 0 Å². The van der Waals surface area contributed by atoms with Crippen LogP contribution in [0, 0.1) is 6.92 Å². The van der Waals surface area contributed by atoms with E-state index in [9.17, 15) is 8.42 Å². The summed E-state index contributed by atoms with van der Waals surface area (Å²) < 4.78 is 23.1. The quantitative estimate of drug-likeness (QED) is 0.487. The topological polar surface area (TPSA) is 70.6 Å². The van der Waals surface area contributed by atoms with Crippen LogP contribution in [-0.4, -0.2) is 34.2 Å². The number of rotatable bonds is 5. The number of nitrogens with one attached hydrogen (secondary N) is 2. The standard InChI is InChI=1S/C14H21N3O2S/c1-5-8-16-14(15-3)17-10-12-6-7-13(11(2)9-12)20(4,18)19/h5-7,9H,1,8,10H2,2-4H3,(H2,15,16,17). The maximum Gasteiger partial charge on any atom is 0.191 e. The van der Waals surface area contributed by atoms with Gasteiger partial charge in [-0.3, -0.25) is 4.99 Å². The van der Waals surface area contributed by atoms with E-state index in [1.807, 2.05) is 6.07 Å². The van der Waals surface area contributed by atoms with Crippen LogP contribution in [0.4, 0.5) is 0 Å². The van der Waals surface area contributed by atoms with Crippen LogP contribution in [0.2, 0.25) is 0 Å². The molecule has 0 amide bonds. The Morgan fingerprint density at radius 3 is 2.60 bits per heavy atom. The van der Waals surface area contributed by atoms with Gasteiger partial charge in [-0.05, 0) is 24.1 Å². The molecule has 0 unspecified atom stereocenters. The third kappa shape index (κ3) is 4.70. The number of aliphatic imine (C=N–C) groups is 1. The van der Waals surface area contributed by atoms with Crippen LogP contribution in [0.15, 0.2) is 40.7 Å². The van der Waals surface area contributed by atoms with Gasteiger partial charge in [-0.2, -0.15) is 0 Å². The smallest absolute Gasteiger partial charge is 0.191 e. The summed E-state index contributed by atoms with van der Waals surface area (Å²) in [7, 11) is -1.47. The van der Waals surface area contributed by atoms with Gasteiger partial charge in [-0.1, -0.05) is 18.2 Å². The summed E-state index contributed by atoms with van der Waals surface area (Å²) in [6.07, 6.45) is 2.96. The number of guanidine groups is 1. The Kier molecular flexibility index (Phi) is 5.76. The molecule has 1 rings (SSSR count). The number of benzene rings is 1. The van der Waals surface area contributed by atoms with E-state index in [0.717, 1.165) is 11.1 Å². The van der Waals surface area contributed by atoms with Crippen LogP contribution in [0.25, 0.3) is 0 Å². The normalized spacial score (nSPS) is 12.1. The van der Waals surface area contributed by atoms with Crippen LogP contribution >= 0.6 is 0 Å². The summed E-state index contributed by atoms with van der Waals surface area (Å²) in [5.74, 6) is 0.676. The zero-order valence-corrected chi connectivity index (χ0v) is 12.9. The molecule has 0 saturated heterocycles. The SMILES string of the molecule is C=CCNC(=NC)NCc1ccc(S(C)(=O)=O)c(C)c1. The first-order valence-electron chi connectivity index (χ1n) is 6.23. The highest BCUT2D eigenvalue weighted by Gasteiger charge is 2.10. The fourth-order valence-corrected chi connectivity index (χ4v) is 2.77. The molecule has 0 aliphatic carbocycles.